The van der Waals surface area contributed by atoms with Crippen LogP contribution in [-0.4, -0.2) is 27.2 Å². The summed E-state index contributed by atoms with van der Waals surface area (Å²) in [5.74, 6) is -0.421. The van der Waals surface area contributed by atoms with Crippen LogP contribution in [0.15, 0.2) is 93.5 Å². The molecule has 0 amide bonds. The standard InChI is InChI=1S/C29H23N3O5S2/c1-36-22-14-8-6-10-18(22)16-24-28(33)32-27(31)26(39(34,35)19-11-4-3-5-12-19)25(21(17-30)29(32)38-24)20-13-7-9-15-23(20)37-2/h3-16,25H,31H2,1-2H3. The third kappa shape index (κ3) is 4.31. The van der Waals surface area contributed by atoms with Crippen molar-refractivity contribution in [2.24, 2.45) is 5.73 Å². The number of rotatable bonds is 6. The highest BCUT2D eigenvalue weighted by Crippen LogP contribution is 2.44. The Kier molecular flexibility index (Phi) is 6.87. The lowest BCUT2D eigenvalue weighted by Gasteiger charge is -2.27. The zero-order chi connectivity index (χ0) is 27.7. The summed E-state index contributed by atoms with van der Waals surface area (Å²) in [4.78, 5) is 13.4. The number of para-hydroxylation sites is 2. The average molecular weight is 558 g/mol. The molecule has 196 valence electrons. The number of benzene rings is 3. The Balaban J connectivity index is 1.92. The van der Waals surface area contributed by atoms with Gasteiger partial charge >= 0.3 is 0 Å². The quantitative estimate of drug-likeness (QED) is 0.387. The van der Waals surface area contributed by atoms with Gasteiger partial charge in [-0.3, -0.25) is 9.36 Å². The molecule has 1 aliphatic rings. The molecule has 2 heterocycles. The molecule has 4 aromatic rings. The molecule has 0 aliphatic carbocycles. The highest BCUT2D eigenvalue weighted by molar-refractivity contribution is 7.95. The number of thiazole rings is 1. The maximum atomic E-state index is 14.1. The lowest BCUT2D eigenvalue weighted by Crippen LogP contribution is -2.40. The van der Waals surface area contributed by atoms with Gasteiger partial charge in [0, 0.05) is 11.1 Å². The Morgan fingerprint density at radius 3 is 2.23 bits per heavy atom. The van der Waals surface area contributed by atoms with Crippen LogP contribution in [0.2, 0.25) is 0 Å². The Labute approximate surface area is 228 Å². The van der Waals surface area contributed by atoms with E-state index in [1.165, 1.54) is 26.4 Å². The topological polar surface area (TPSA) is 124 Å². The van der Waals surface area contributed by atoms with Crippen molar-refractivity contribution in [3.8, 4) is 17.6 Å². The van der Waals surface area contributed by atoms with Crippen LogP contribution in [0.1, 0.15) is 17.0 Å². The summed E-state index contributed by atoms with van der Waals surface area (Å²) < 4.78 is 40.8. The summed E-state index contributed by atoms with van der Waals surface area (Å²) in [5.41, 5.74) is 7.21. The van der Waals surface area contributed by atoms with Crippen molar-refractivity contribution in [1.29, 1.82) is 5.26 Å². The molecule has 39 heavy (non-hydrogen) atoms. The lowest BCUT2D eigenvalue weighted by atomic mass is 9.89. The number of fused-ring (bicyclic) bond motifs is 1. The summed E-state index contributed by atoms with van der Waals surface area (Å²) in [6, 6.07) is 24.0. The number of hydrogen-bond donors (Lipinski definition) is 1. The van der Waals surface area contributed by atoms with Gasteiger partial charge in [-0.1, -0.05) is 54.6 Å². The summed E-state index contributed by atoms with van der Waals surface area (Å²) in [5, 5.41) is 10.4. The van der Waals surface area contributed by atoms with E-state index in [0.29, 0.717) is 22.6 Å². The molecule has 0 fully saturated rings. The van der Waals surface area contributed by atoms with Gasteiger partial charge in [-0.15, -0.1) is 11.3 Å². The first-order valence-corrected chi connectivity index (χ1v) is 14.1. The molecule has 0 saturated carbocycles. The van der Waals surface area contributed by atoms with Gasteiger partial charge < -0.3 is 15.2 Å². The second kappa shape index (κ2) is 10.3. The third-order valence-electron chi connectivity index (χ3n) is 6.44. The smallest absolute Gasteiger partial charge is 0.274 e. The molecule has 2 N–H and O–H groups in total. The van der Waals surface area contributed by atoms with Crippen LogP contribution in [-0.2, 0) is 9.84 Å². The molecule has 3 aromatic carbocycles. The van der Waals surface area contributed by atoms with E-state index in [1.807, 2.05) is 12.1 Å². The summed E-state index contributed by atoms with van der Waals surface area (Å²) in [7, 11) is -1.26. The number of sulfone groups is 1. The monoisotopic (exact) mass is 557 g/mol. The molecule has 5 rings (SSSR count). The van der Waals surface area contributed by atoms with E-state index < -0.39 is 21.3 Å². The van der Waals surface area contributed by atoms with E-state index in [4.69, 9.17) is 15.2 Å². The minimum Gasteiger partial charge on any atom is -0.496 e. The minimum absolute atomic E-state index is 0.00678. The van der Waals surface area contributed by atoms with Crippen LogP contribution in [0.5, 0.6) is 11.5 Å². The van der Waals surface area contributed by atoms with Crippen LogP contribution in [0.3, 0.4) is 0 Å². The molecule has 1 unspecified atom stereocenters. The van der Waals surface area contributed by atoms with Gasteiger partial charge in [-0.2, -0.15) is 5.26 Å². The largest absolute Gasteiger partial charge is 0.496 e. The fourth-order valence-electron chi connectivity index (χ4n) is 4.65. The van der Waals surface area contributed by atoms with E-state index in [1.54, 1.807) is 60.7 Å². The number of hydrogen-bond acceptors (Lipinski definition) is 8. The fraction of sp³-hybridized carbons (Fsp3) is 0.103. The Hall–Kier alpha value is -4.59. The summed E-state index contributed by atoms with van der Waals surface area (Å²) in [6.45, 7) is 0. The number of nitrogens with two attached hydrogens (primary N) is 1. The van der Waals surface area contributed by atoms with Crippen molar-refractivity contribution < 1.29 is 17.9 Å². The van der Waals surface area contributed by atoms with Crippen molar-refractivity contribution in [1.82, 2.24) is 4.57 Å². The van der Waals surface area contributed by atoms with Gasteiger partial charge in [-0.25, -0.2) is 8.42 Å². The highest BCUT2D eigenvalue weighted by Gasteiger charge is 2.40. The van der Waals surface area contributed by atoms with Crippen LogP contribution in [0.25, 0.3) is 17.5 Å². The molecule has 1 aromatic heterocycles. The molecule has 1 aliphatic heterocycles. The molecular weight excluding hydrogens is 534 g/mol. The first kappa shape index (κ1) is 26.0. The molecule has 0 radical (unpaired) electrons. The van der Waals surface area contributed by atoms with Gasteiger partial charge in [0.25, 0.3) is 5.56 Å². The second-order valence-electron chi connectivity index (χ2n) is 8.56. The summed E-state index contributed by atoms with van der Waals surface area (Å²) in [6.07, 6.45) is 1.64. The van der Waals surface area contributed by atoms with E-state index in [9.17, 15) is 18.5 Å². The molecule has 1 atom stereocenters. The van der Waals surface area contributed by atoms with Crippen LogP contribution in [0, 0.1) is 11.3 Å². The van der Waals surface area contributed by atoms with E-state index in [2.05, 4.69) is 6.07 Å². The van der Waals surface area contributed by atoms with Gasteiger partial charge in [0.1, 0.15) is 26.9 Å². The van der Waals surface area contributed by atoms with E-state index in [-0.39, 0.29) is 30.4 Å². The fourth-order valence-corrected chi connectivity index (χ4v) is 7.46. The average Bonchev–Trinajstić information content (AvgIpc) is 3.29. The number of ether oxygens (including phenoxy) is 2. The predicted octanol–water partition coefficient (Wildman–Crippen LogP) is 2.79. The van der Waals surface area contributed by atoms with Crippen LogP contribution < -0.4 is 30.0 Å². The Bertz CT molecular complexity index is 1950. The van der Waals surface area contributed by atoms with Gasteiger partial charge in [0.2, 0.25) is 9.84 Å². The third-order valence-corrected chi connectivity index (χ3v) is 9.46. The van der Waals surface area contributed by atoms with Crippen LogP contribution >= 0.6 is 11.3 Å². The molecule has 10 heteroatoms. The zero-order valence-corrected chi connectivity index (χ0v) is 22.6. The zero-order valence-electron chi connectivity index (χ0n) is 21.0. The number of methoxy groups -OCH3 is 2. The van der Waals surface area contributed by atoms with Crippen molar-refractivity contribution in [3.63, 3.8) is 0 Å². The number of allylic oxidation sites excluding steroid dienone is 1. The summed E-state index contributed by atoms with van der Waals surface area (Å²) >= 11 is 1.06. The molecule has 0 saturated heterocycles. The number of nitrogens with zero attached hydrogens (tertiary/aromatic N) is 2. The molecule has 8 nitrogen and oxygen atoms in total. The normalized spacial score (nSPS) is 15.6. The first-order chi connectivity index (χ1) is 18.8. The van der Waals surface area contributed by atoms with E-state index >= 15 is 0 Å². The molecule has 0 bridgehead atoms. The molecular formula is C29H23N3O5S2. The Morgan fingerprint density at radius 1 is 0.949 bits per heavy atom. The first-order valence-electron chi connectivity index (χ1n) is 11.8. The van der Waals surface area contributed by atoms with Gasteiger partial charge in [-0.05, 0) is 30.3 Å². The second-order valence-corrected chi connectivity index (χ2v) is 11.5. The maximum absolute atomic E-state index is 14.1. The van der Waals surface area contributed by atoms with Crippen molar-refractivity contribution in [2.45, 2.75) is 10.8 Å². The van der Waals surface area contributed by atoms with Gasteiger partial charge in [0.05, 0.1) is 41.2 Å². The minimum atomic E-state index is -4.25. The van der Waals surface area contributed by atoms with E-state index in [0.717, 1.165) is 15.9 Å². The number of aromatic nitrogens is 1. The van der Waals surface area contributed by atoms with Crippen molar-refractivity contribution >= 4 is 38.6 Å². The lowest BCUT2D eigenvalue weighted by molar-refractivity contribution is 0.409. The predicted molar refractivity (Wildman–Crippen MR) is 150 cm³/mol. The SMILES string of the molecule is COc1ccccc1C=c1sc2n(c1=O)C(N)=C(S(=O)(=O)c1ccccc1)C(c1ccccc1OC)C=2C#N. The van der Waals surface area contributed by atoms with Crippen molar-refractivity contribution in [2.75, 3.05) is 14.2 Å². The Morgan fingerprint density at radius 2 is 1.56 bits per heavy atom. The molecule has 0 spiro atoms. The van der Waals surface area contributed by atoms with Gasteiger partial charge in [0.15, 0.2) is 0 Å². The maximum Gasteiger partial charge on any atom is 0.274 e. The van der Waals surface area contributed by atoms with Crippen LogP contribution in [0.4, 0.5) is 0 Å². The van der Waals surface area contributed by atoms with Crippen molar-refractivity contribution in [3.05, 3.63) is 114 Å². The number of nitriles is 1. The highest BCUT2D eigenvalue weighted by atomic mass is 32.2.